The molecule has 0 atom stereocenters. The first-order chi connectivity index (χ1) is 20.4. The van der Waals surface area contributed by atoms with Crippen molar-refractivity contribution in [2.45, 2.75) is 84.3 Å². The van der Waals surface area contributed by atoms with Crippen molar-refractivity contribution in [3.05, 3.63) is 77.4 Å². The number of unbranched alkanes of at least 4 members (excludes halogenated alkanes) is 7. The standard InChI is InChI=1S/C35H42F4O3/c1-3-5-7-9-10-12-24-22-41-35(42-23-24)29-18-17-27(31(36)33(29)38)25-13-15-26(16-14-25)28-19-20-30(34(39)32(28)37)40-21-11-8-6-4-2/h13-20,24,35H,3-12,21-23H2,1-2H3. The van der Waals surface area contributed by atoms with Gasteiger partial charge in [-0.3, -0.25) is 0 Å². The van der Waals surface area contributed by atoms with E-state index in [0.717, 1.165) is 38.5 Å². The topological polar surface area (TPSA) is 27.7 Å². The Balaban J connectivity index is 1.38. The lowest BCUT2D eigenvalue weighted by molar-refractivity contribution is -0.207. The minimum atomic E-state index is -1.04. The van der Waals surface area contributed by atoms with Crippen molar-refractivity contribution in [3.8, 4) is 28.0 Å². The predicted molar refractivity (Wildman–Crippen MR) is 158 cm³/mol. The van der Waals surface area contributed by atoms with Crippen LogP contribution in [0.3, 0.4) is 0 Å². The van der Waals surface area contributed by atoms with E-state index in [0.29, 0.717) is 30.9 Å². The highest BCUT2D eigenvalue weighted by molar-refractivity contribution is 5.71. The molecule has 1 fully saturated rings. The molecule has 0 spiro atoms. The molecular formula is C35H42F4O3. The van der Waals surface area contributed by atoms with Gasteiger partial charge in [-0.15, -0.1) is 0 Å². The highest BCUT2D eigenvalue weighted by Crippen LogP contribution is 2.35. The summed E-state index contributed by atoms with van der Waals surface area (Å²) < 4.78 is 76.8. The molecule has 0 unspecified atom stereocenters. The molecule has 4 rings (SSSR count). The molecule has 0 saturated carbocycles. The van der Waals surface area contributed by atoms with Crippen molar-refractivity contribution in [3.63, 3.8) is 0 Å². The first-order valence-electron chi connectivity index (χ1n) is 15.4. The van der Waals surface area contributed by atoms with E-state index in [1.54, 1.807) is 24.3 Å². The molecule has 0 radical (unpaired) electrons. The van der Waals surface area contributed by atoms with Crippen molar-refractivity contribution in [2.75, 3.05) is 19.8 Å². The van der Waals surface area contributed by atoms with Crippen LogP contribution >= 0.6 is 0 Å². The van der Waals surface area contributed by atoms with Crippen molar-refractivity contribution >= 4 is 0 Å². The maximum atomic E-state index is 15.2. The van der Waals surface area contributed by atoms with E-state index in [1.807, 2.05) is 0 Å². The van der Waals surface area contributed by atoms with Crippen LogP contribution in [0.15, 0.2) is 48.5 Å². The highest BCUT2D eigenvalue weighted by Gasteiger charge is 2.28. The second-order valence-electron chi connectivity index (χ2n) is 11.1. The molecule has 0 bridgehead atoms. The maximum Gasteiger partial charge on any atom is 0.201 e. The smallest absolute Gasteiger partial charge is 0.201 e. The quantitative estimate of drug-likeness (QED) is 0.131. The van der Waals surface area contributed by atoms with Crippen molar-refractivity contribution < 1.29 is 31.8 Å². The third-order valence-electron chi connectivity index (χ3n) is 7.86. The third kappa shape index (κ3) is 8.13. The fraction of sp³-hybridized carbons (Fsp3) is 0.486. The Morgan fingerprint density at radius 2 is 1.17 bits per heavy atom. The van der Waals surface area contributed by atoms with Crippen molar-refractivity contribution in [2.24, 2.45) is 5.92 Å². The van der Waals surface area contributed by atoms with Gasteiger partial charge in [0.25, 0.3) is 0 Å². The van der Waals surface area contributed by atoms with Gasteiger partial charge in [0, 0.05) is 22.6 Å². The lowest BCUT2D eigenvalue weighted by Crippen LogP contribution is -2.27. The van der Waals surface area contributed by atoms with Crippen LogP contribution in [0.2, 0.25) is 0 Å². The van der Waals surface area contributed by atoms with Crippen LogP contribution in [0.25, 0.3) is 22.3 Å². The van der Waals surface area contributed by atoms with Crippen LogP contribution in [-0.2, 0) is 9.47 Å². The highest BCUT2D eigenvalue weighted by atomic mass is 19.2. The van der Waals surface area contributed by atoms with Crippen LogP contribution in [0, 0.1) is 29.2 Å². The fourth-order valence-corrected chi connectivity index (χ4v) is 5.30. The van der Waals surface area contributed by atoms with Crippen LogP contribution in [0.5, 0.6) is 5.75 Å². The summed E-state index contributed by atoms with van der Waals surface area (Å²) in [5, 5.41) is 0. The monoisotopic (exact) mass is 586 g/mol. The molecule has 228 valence electrons. The van der Waals surface area contributed by atoms with E-state index < -0.39 is 29.6 Å². The molecule has 3 aromatic rings. The lowest BCUT2D eigenvalue weighted by atomic mass is 9.98. The minimum absolute atomic E-state index is 0.0273. The number of hydrogen-bond donors (Lipinski definition) is 0. The number of rotatable bonds is 15. The fourth-order valence-electron chi connectivity index (χ4n) is 5.30. The van der Waals surface area contributed by atoms with E-state index in [1.165, 1.54) is 49.9 Å². The largest absolute Gasteiger partial charge is 0.490 e. The second-order valence-corrected chi connectivity index (χ2v) is 11.1. The van der Waals surface area contributed by atoms with E-state index in [4.69, 9.17) is 14.2 Å². The van der Waals surface area contributed by atoms with Gasteiger partial charge in [-0.2, -0.15) is 4.39 Å². The van der Waals surface area contributed by atoms with Gasteiger partial charge < -0.3 is 14.2 Å². The molecule has 0 aliphatic carbocycles. The lowest BCUT2D eigenvalue weighted by Gasteiger charge is -2.30. The van der Waals surface area contributed by atoms with Gasteiger partial charge in [0.1, 0.15) is 0 Å². The van der Waals surface area contributed by atoms with E-state index in [-0.39, 0.29) is 28.4 Å². The number of hydrogen-bond acceptors (Lipinski definition) is 3. The summed E-state index contributed by atoms with van der Waals surface area (Å²) in [6.45, 7) is 5.51. The van der Waals surface area contributed by atoms with Crippen molar-refractivity contribution in [1.29, 1.82) is 0 Å². The van der Waals surface area contributed by atoms with E-state index in [2.05, 4.69) is 13.8 Å². The second kappa shape index (κ2) is 16.1. The summed E-state index contributed by atoms with van der Waals surface area (Å²) in [7, 11) is 0. The molecule has 1 heterocycles. The van der Waals surface area contributed by atoms with Gasteiger partial charge in [0.15, 0.2) is 29.5 Å². The Hall–Kier alpha value is -2.90. The average Bonchev–Trinajstić information content (AvgIpc) is 3.01. The SMILES string of the molecule is CCCCCCCC1COC(c2ccc(-c3ccc(-c4ccc(OCCCCCC)c(F)c4F)cc3)c(F)c2F)OC1. The normalized spacial score (nSPS) is 17.0. The Bertz CT molecular complexity index is 1270. The zero-order valence-corrected chi connectivity index (χ0v) is 24.7. The Morgan fingerprint density at radius 1 is 0.619 bits per heavy atom. The van der Waals surface area contributed by atoms with Crippen LogP contribution in [0.1, 0.15) is 89.9 Å². The van der Waals surface area contributed by atoms with Crippen molar-refractivity contribution in [1.82, 2.24) is 0 Å². The van der Waals surface area contributed by atoms with E-state index in [9.17, 15) is 8.78 Å². The Morgan fingerprint density at radius 3 is 1.79 bits per heavy atom. The molecular weight excluding hydrogens is 544 g/mol. The zero-order chi connectivity index (χ0) is 29.9. The molecule has 1 saturated heterocycles. The van der Waals surface area contributed by atoms with Gasteiger partial charge in [-0.25, -0.2) is 13.2 Å². The third-order valence-corrected chi connectivity index (χ3v) is 7.86. The summed E-state index contributed by atoms with van der Waals surface area (Å²) in [5.41, 5.74) is 0.959. The summed E-state index contributed by atoms with van der Waals surface area (Å²) in [5.74, 6) is -3.94. The summed E-state index contributed by atoms with van der Waals surface area (Å²) in [4.78, 5) is 0. The molecule has 1 aliphatic heterocycles. The van der Waals surface area contributed by atoms with E-state index >= 15 is 8.78 Å². The van der Waals surface area contributed by atoms with Crippen LogP contribution in [0.4, 0.5) is 17.6 Å². The summed E-state index contributed by atoms with van der Waals surface area (Å²) in [6, 6.07) is 12.1. The molecule has 0 amide bonds. The molecule has 0 N–H and O–H groups in total. The number of benzene rings is 3. The zero-order valence-electron chi connectivity index (χ0n) is 24.7. The molecule has 0 aromatic heterocycles. The van der Waals surface area contributed by atoms with Gasteiger partial charge in [-0.05, 0) is 36.1 Å². The minimum Gasteiger partial charge on any atom is -0.490 e. The first-order valence-corrected chi connectivity index (χ1v) is 15.4. The molecule has 7 heteroatoms. The van der Waals surface area contributed by atoms with Crippen LogP contribution < -0.4 is 4.74 Å². The summed E-state index contributed by atoms with van der Waals surface area (Å²) >= 11 is 0. The average molecular weight is 587 g/mol. The maximum absolute atomic E-state index is 15.2. The molecule has 42 heavy (non-hydrogen) atoms. The number of halogens is 4. The van der Waals surface area contributed by atoms with Gasteiger partial charge in [0.2, 0.25) is 5.82 Å². The first kappa shape index (κ1) is 32.0. The molecule has 3 aromatic carbocycles. The van der Waals surface area contributed by atoms with Gasteiger partial charge in [-0.1, -0.05) is 102 Å². The van der Waals surface area contributed by atoms with Crippen LogP contribution in [-0.4, -0.2) is 19.8 Å². The Kier molecular flexibility index (Phi) is 12.3. The Labute approximate surface area is 247 Å². The molecule has 3 nitrogen and oxygen atoms in total. The molecule has 1 aliphatic rings. The number of ether oxygens (including phenoxy) is 3. The predicted octanol–water partition coefficient (Wildman–Crippen LogP) is 10.6. The van der Waals surface area contributed by atoms with Gasteiger partial charge >= 0.3 is 0 Å². The summed E-state index contributed by atoms with van der Waals surface area (Å²) in [6.07, 6.45) is 9.90. The van der Waals surface area contributed by atoms with Gasteiger partial charge in [0.05, 0.1) is 19.8 Å².